The van der Waals surface area contributed by atoms with E-state index in [0.29, 0.717) is 5.92 Å². The summed E-state index contributed by atoms with van der Waals surface area (Å²) in [5, 5.41) is 2.20. The summed E-state index contributed by atoms with van der Waals surface area (Å²) in [5.74, 6) is 1.27. The van der Waals surface area contributed by atoms with Gasteiger partial charge in [-0.25, -0.2) is 0 Å². The topological polar surface area (TPSA) is 12.5 Å². The number of hydrogen-bond donors (Lipinski definition) is 0. The number of halogens is 1. The maximum Gasteiger partial charge on any atom is 0.0575 e. The molecule has 2 aromatic carbocycles. The zero-order valence-corrected chi connectivity index (χ0v) is 18.2. The first-order valence-electron chi connectivity index (χ1n) is 9.89. The predicted octanol–water partition coefficient (Wildman–Crippen LogP) is 5.94. The summed E-state index contributed by atoms with van der Waals surface area (Å²) in [6.07, 6.45) is 3.77. The van der Waals surface area contributed by atoms with E-state index in [0.717, 1.165) is 25.4 Å². The average molecular weight is 388 g/mol. The fourth-order valence-corrected chi connectivity index (χ4v) is 4.20. The van der Waals surface area contributed by atoms with Crippen LogP contribution in [0.4, 0.5) is 0 Å². The van der Waals surface area contributed by atoms with Gasteiger partial charge in [0.2, 0.25) is 0 Å². The van der Waals surface area contributed by atoms with Crippen LogP contribution in [0.2, 0.25) is 0 Å². The Morgan fingerprint density at radius 3 is 1.93 bits per heavy atom. The van der Waals surface area contributed by atoms with Crippen molar-refractivity contribution < 1.29 is 4.84 Å². The van der Waals surface area contributed by atoms with Crippen LogP contribution in [0.1, 0.15) is 52.1 Å². The first-order valence-corrected chi connectivity index (χ1v) is 9.89. The minimum atomic E-state index is 0. The van der Waals surface area contributed by atoms with E-state index in [1.165, 1.54) is 46.2 Å². The molecular weight excluding hydrogens is 354 g/mol. The smallest absolute Gasteiger partial charge is 0.0575 e. The molecule has 27 heavy (non-hydrogen) atoms. The van der Waals surface area contributed by atoms with Crippen LogP contribution in [0.5, 0.6) is 0 Å². The third-order valence-electron chi connectivity index (χ3n) is 5.89. The Labute approximate surface area is 171 Å². The second-order valence-corrected chi connectivity index (χ2v) is 8.05. The molecule has 3 heteroatoms. The van der Waals surface area contributed by atoms with E-state index in [1.54, 1.807) is 0 Å². The standard InChI is InChI=1S/C24H33NO.ClH/c1-17-8-6-9-18(2)23(17)14-22(16-25(26-5)15-21-12-13-21)24-19(3)10-7-11-20(24)4;/h6-11,21-22H,12-16H2,1-5H3;1H. The fourth-order valence-electron chi connectivity index (χ4n) is 4.20. The Bertz CT molecular complexity index is 714. The van der Waals surface area contributed by atoms with Crippen molar-refractivity contribution in [2.45, 2.75) is 52.9 Å². The molecule has 1 atom stereocenters. The highest BCUT2D eigenvalue weighted by Crippen LogP contribution is 2.33. The van der Waals surface area contributed by atoms with Crippen LogP contribution < -0.4 is 0 Å². The van der Waals surface area contributed by atoms with Gasteiger partial charge < -0.3 is 4.84 Å². The maximum absolute atomic E-state index is 5.76. The fraction of sp³-hybridized carbons (Fsp3) is 0.500. The number of aryl methyl sites for hydroxylation is 4. The van der Waals surface area contributed by atoms with Gasteiger partial charge in [-0.15, -0.1) is 12.4 Å². The van der Waals surface area contributed by atoms with Crippen molar-refractivity contribution in [1.29, 1.82) is 0 Å². The summed E-state index contributed by atoms with van der Waals surface area (Å²) in [6, 6.07) is 13.3. The van der Waals surface area contributed by atoms with Crippen LogP contribution in [-0.2, 0) is 11.3 Å². The molecule has 0 N–H and O–H groups in total. The second kappa shape index (κ2) is 9.73. The third-order valence-corrected chi connectivity index (χ3v) is 5.89. The normalized spacial score (nSPS) is 14.9. The lowest BCUT2D eigenvalue weighted by Crippen LogP contribution is -2.31. The number of rotatable bonds is 8. The highest BCUT2D eigenvalue weighted by Gasteiger charge is 2.27. The van der Waals surface area contributed by atoms with Crippen molar-refractivity contribution >= 4 is 12.4 Å². The van der Waals surface area contributed by atoms with Crippen molar-refractivity contribution in [3.63, 3.8) is 0 Å². The Hall–Kier alpha value is -1.35. The Kier molecular flexibility index (Phi) is 7.91. The molecule has 2 aromatic rings. The molecule has 148 valence electrons. The van der Waals surface area contributed by atoms with Gasteiger partial charge in [-0.2, -0.15) is 5.06 Å². The lowest BCUT2D eigenvalue weighted by Gasteiger charge is -2.29. The van der Waals surface area contributed by atoms with Crippen LogP contribution in [0.25, 0.3) is 0 Å². The molecule has 1 fully saturated rings. The van der Waals surface area contributed by atoms with Gasteiger partial charge in [0.25, 0.3) is 0 Å². The van der Waals surface area contributed by atoms with E-state index >= 15 is 0 Å². The Balaban J connectivity index is 0.00000261. The molecule has 3 rings (SSSR count). The van der Waals surface area contributed by atoms with Gasteiger partial charge in [0.1, 0.15) is 0 Å². The van der Waals surface area contributed by atoms with Crippen molar-refractivity contribution in [1.82, 2.24) is 5.06 Å². The number of hydrogen-bond acceptors (Lipinski definition) is 2. The Morgan fingerprint density at radius 2 is 1.44 bits per heavy atom. The SMILES string of the molecule is CON(CC1CC1)CC(Cc1c(C)cccc1C)c1c(C)cccc1C.Cl. The van der Waals surface area contributed by atoms with E-state index in [4.69, 9.17) is 4.84 Å². The second-order valence-electron chi connectivity index (χ2n) is 8.05. The highest BCUT2D eigenvalue weighted by molar-refractivity contribution is 5.85. The minimum absolute atomic E-state index is 0. The molecule has 0 aromatic heterocycles. The molecule has 1 saturated carbocycles. The Morgan fingerprint density at radius 1 is 0.926 bits per heavy atom. The van der Waals surface area contributed by atoms with Crippen molar-refractivity contribution in [2.75, 3.05) is 20.2 Å². The molecule has 1 aliphatic carbocycles. The molecule has 1 aliphatic rings. The van der Waals surface area contributed by atoms with Crippen LogP contribution >= 0.6 is 12.4 Å². The van der Waals surface area contributed by atoms with Gasteiger partial charge in [0, 0.05) is 19.0 Å². The van der Waals surface area contributed by atoms with E-state index in [9.17, 15) is 0 Å². The van der Waals surface area contributed by atoms with Gasteiger partial charge in [-0.05, 0) is 86.3 Å². The van der Waals surface area contributed by atoms with Gasteiger partial charge in [0.15, 0.2) is 0 Å². The molecule has 0 aliphatic heterocycles. The predicted molar refractivity (Wildman–Crippen MR) is 117 cm³/mol. The van der Waals surface area contributed by atoms with Gasteiger partial charge in [-0.3, -0.25) is 0 Å². The molecule has 0 radical (unpaired) electrons. The molecular formula is C24H34ClNO. The van der Waals surface area contributed by atoms with Crippen molar-refractivity contribution in [3.8, 4) is 0 Å². The van der Waals surface area contributed by atoms with E-state index in [-0.39, 0.29) is 12.4 Å². The van der Waals surface area contributed by atoms with Crippen molar-refractivity contribution in [2.24, 2.45) is 5.92 Å². The summed E-state index contributed by atoms with van der Waals surface area (Å²) in [4.78, 5) is 5.76. The van der Waals surface area contributed by atoms with Crippen LogP contribution in [0, 0.1) is 33.6 Å². The monoisotopic (exact) mass is 387 g/mol. The van der Waals surface area contributed by atoms with Crippen LogP contribution in [0.15, 0.2) is 36.4 Å². The summed E-state index contributed by atoms with van der Waals surface area (Å²) < 4.78 is 0. The van der Waals surface area contributed by atoms with Gasteiger partial charge >= 0.3 is 0 Å². The molecule has 1 unspecified atom stereocenters. The quantitative estimate of drug-likeness (QED) is 0.519. The number of nitrogens with zero attached hydrogens (tertiary/aromatic N) is 1. The molecule has 0 saturated heterocycles. The summed E-state index contributed by atoms with van der Waals surface area (Å²) in [6.45, 7) is 11.0. The third kappa shape index (κ3) is 5.57. The first kappa shape index (κ1) is 21.9. The zero-order chi connectivity index (χ0) is 18.7. The highest BCUT2D eigenvalue weighted by atomic mass is 35.5. The zero-order valence-electron chi connectivity index (χ0n) is 17.4. The lowest BCUT2D eigenvalue weighted by molar-refractivity contribution is -0.137. The molecule has 0 amide bonds. The largest absolute Gasteiger partial charge is 0.302 e. The van der Waals surface area contributed by atoms with E-state index < -0.39 is 0 Å². The van der Waals surface area contributed by atoms with Crippen LogP contribution in [0.3, 0.4) is 0 Å². The summed E-state index contributed by atoms with van der Waals surface area (Å²) in [7, 11) is 1.82. The number of hydroxylamine groups is 2. The maximum atomic E-state index is 5.76. The van der Waals surface area contributed by atoms with Crippen molar-refractivity contribution in [3.05, 3.63) is 69.8 Å². The van der Waals surface area contributed by atoms with E-state index in [2.05, 4.69) is 69.2 Å². The molecule has 2 nitrogen and oxygen atoms in total. The minimum Gasteiger partial charge on any atom is -0.302 e. The van der Waals surface area contributed by atoms with Gasteiger partial charge in [0.05, 0.1) is 7.11 Å². The molecule has 0 bridgehead atoms. The summed E-state index contributed by atoms with van der Waals surface area (Å²) >= 11 is 0. The molecule has 0 heterocycles. The van der Waals surface area contributed by atoms with Gasteiger partial charge in [-0.1, -0.05) is 36.4 Å². The molecule has 0 spiro atoms. The summed E-state index contributed by atoms with van der Waals surface area (Å²) in [5.41, 5.74) is 8.56. The van der Waals surface area contributed by atoms with Crippen LogP contribution in [-0.4, -0.2) is 25.3 Å². The van der Waals surface area contributed by atoms with E-state index in [1.807, 2.05) is 7.11 Å². The average Bonchev–Trinajstić information content (AvgIpc) is 3.41. The first-order chi connectivity index (χ1) is 12.5. The number of benzene rings is 2. The lowest BCUT2D eigenvalue weighted by atomic mass is 9.84.